The molecule has 31 heavy (non-hydrogen) atoms. The summed E-state index contributed by atoms with van der Waals surface area (Å²) in [6.45, 7) is 0. The zero-order chi connectivity index (χ0) is 21.5. The van der Waals surface area contributed by atoms with E-state index in [9.17, 15) is 9.59 Å². The van der Waals surface area contributed by atoms with Crippen LogP contribution in [0.15, 0.2) is 48.5 Å². The number of carbonyl (C=O) groups excluding carboxylic acids is 2. The van der Waals surface area contributed by atoms with Gasteiger partial charge < -0.3 is 10.1 Å². The predicted octanol–water partition coefficient (Wildman–Crippen LogP) is 3.74. The van der Waals surface area contributed by atoms with Gasteiger partial charge in [-0.15, -0.1) is 5.10 Å². The van der Waals surface area contributed by atoms with Gasteiger partial charge in [-0.1, -0.05) is 41.9 Å². The molecule has 0 aliphatic carbocycles. The first-order valence-corrected chi connectivity index (χ1v) is 10.4. The van der Waals surface area contributed by atoms with Crippen LogP contribution >= 0.6 is 11.6 Å². The molecule has 2 aromatic carbocycles. The standard InChI is InChI=1S/C22H20ClN5O3/c1-31-14-8-6-13(7-9-14)17-12-18(15-4-2-3-5-16(15)23)28-21(24-17)25-22(26-28)27-19(29)10-11-20(27)30/h2-9,17-18H,10-12H2,1H3,(H,24,25,26)/t17-,18+/m1/s1. The normalized spacial score (nSPS) is 20.5. The average molecular weight is 438 g/mol. The van der Waals surface area contributed by atoms with Gasteiger partial charge in [0.2, 0.25) is 17.8 Å². The van der Waals surface area contributed by atoms with Gasteiger partial charge in [0.25, 0.3) is 5.95 Å². The van der Waals surface area contributed by atoms with Crippen LogP contribution in [-0.4, -0.2) is 33.7 Å². The fourth-order valence-corrected chi connectivity index (χ4v) is 4.38. The fourth-order valence-electron chi connectivity index (χ4n) is 4.12. The topological polar surface area (TPSA) is 89.4 Å². The highest BCUT2D eigenvalue weighted by atomic mass is 35.5. The maximum absolute atomic E-state index is 12.2. The van der Waals surface area contributed by atoms with Gasteiger partial charge in [0.1, 0.15) is 5.75 Å². The van der Waals surface area contributed by atoms with Crippen LogP contribution in [0.2, 0.25) is 5.02 Å². The van der Waals surface area contributed by atoms with Crippen LogP contribution in [0.4, 0.5) is 11.9 Å². The van der Waals surface area contributed by atoms with Crippen LogP contribution in [0.25, 0.3) is 0 Å². The molecule has 3 aromatic rings. The molecule has 2 aliphatic rings. The number of rotatable bonds is 4. The lowest BCUT2D eigenvalue weighted by atomic mass is 9.93. The molecule has 0 radical (unpaired) electrons. The molecule has 0 spiro atoms. The number of hydrogen-bond donors (Lipinski definition) is 1. The number of nitrogens with one attached hydrogen (secondary N) is 1. The summed E-state index contributed by atoms with van der Waals surface area (Å²) in [7, 11) is 1.63. The predicted molar refractivity (Wildman–Crippen MR) is 115 cm³/mol. The summed E-state index contributed by atoms with van der Waals surface area (Å²) < 4.78 is 6.98. The Kier molecular flexibility index (Phi) is 4.86. The first kappa shape index (κ1) is 19.6. The van der Waals surface area contributed by atoms with E-state index < -0.39 is 0 Å². The van der Waals surface area contributed by atoms with E-state index >= 15 is 0 Å². The number of fused-ring (bicyclic) bond motifs is 1. The number of methoxy groups -OCH3 is 1. The smallest absolute Gasteiger partial charge is 0.260 e. The first-order valence-electron chi connectivity index (χ1n) is 10.0. The van der Waals surface area contributed by atoms with Gasteiger partial charge >= 0.3 is 0 Å². The number of benzene rings is 2. The number of halogens is 1. The van der Waals surface area contributed by atoms with Crippen molar-refractivity contribution >= 4 is 35.3 Å². The summed E-state index contributed by atoms with van der Waals surface area (Å²) in [4.78, 5) is 30.0. The molecule has 1 fully saturated rings. The van der Waals surface area contributed by atoms with Crippen LogP contribution in [-0.2, 0) is 9.59 Å². The third-order valence-electron chi connectivity index (χ3n) is 5.71. The lowest BCUT2D eigenvalue weighted by Gasteiger charge is -2.32. The van der Waals surface area contributed by atoms with Crippen molar-refractivity contribution in [3.8, 4) is 5.75 Å². The third kappa shape index (κ3) is 3.42. The lowest BCUT2D eigenvalue weighted by molar-refractivity contribution is -0.121. The largest absolute Gasteiger partial charge is 0.497 e. The van der Waals surface area contributed by atoms with Gasteiger partial charge in [0, 0.05) is 17.9 Å². The number of hydrogen-bond acceptors (Lipinski definition) is 6. The van der Waals surface area contributed by atoms with E-state index in [1.165, 1.54) is 0 Å². The van der Waals surface area contributed by atoms with Gasteiger partial charge in [0.15, 0.2) is 0 Å². The Bertz CT molecular complexity index is 1140. The quantitative estimate of drug-likeness (QED) is 0.625. The molecule has 8 nitrogen and oxygen atoms in total. The number of imide groups is 1. The second kappa shape index (κ2) is 7.70. The zero-order valence-corrected chi connectivity index (χ0v) is 17.5. The first-order chi connectivity index (χ1) is 15.0. The zero-order valence-electron chi connectivity index (χ0n) is 16.8. The maximum Gasteiger partial charge on any atom is 0.260 e. The minimum Gasteiger partial charge on any atom is -0.497 e. The highest BCUT2D eigenvalue weighted by Gasteiger charge is 2.37. The van der Waals surface area contributed by atoms with Gasteiger partial charge in [-0.05, 0) is 35.7 Å². The summed E-state index contributed by atoms with van der Waals surface area (Å²) in [5.74, 6) is 0.795. The highest BCUT2D eigenvalue weighted by molar-refractivity contribution is 6.31. The van der Waals surface area contributed by atoms with Gasteiger partial charge in [-0.2, -0.15) is 4.98 Å². The van der Waals surface area contributed by atoms with Crippen molar-refractivity contribution in [2.24, 2.45) is 0 Å². The van der Waals surface area contributed by atoms with Crippen molar-refractivity contribution in [2.75, 3.05) is 17.3 Å². The Balaban J connectivity index is 1.57. The molecule has 2 aliphatic heterocycles. The molecule has 1 N–H and O–H groups in total. The number of anilines is 2. The van der Waals surface area contributed by atoms with Crippen LogP contribution in [0.1, 0.15) is 42.5 Å². The van der Waals surface area contributed by atoms with Crippen molar-refractivity contribution < 1.29 is 14.3 Å². The number of aromatic nitrogens is 3. The van der Waals surface area contributed by atoms with Gasteiger partial charge in [0.05, 0.1) is 19.2 Å². The summed E-state index contributed by atoms with van der Waals surface area (Å²) in [6.07, 6.45) is 1.02. The number of nitrogens with zero attached hydrogens (tertiary/aromatic N) is 4. The molecule has 0 unspecified atom stereocenters. The molecule has 0 saturated carbocycles. The summed E-state index contributed by atoms with van der Waals surface area (Å²) in [5.41, 5.74) is 1.96. The Labute approximate surface area is 183 Å². The molecule has 1 aromatic heterocycles. The minimum absolute atomic E-state index is 0.0679. The molecule has 0 bridgehead atoms. The Morgan fingerprint density at radius 1 is 1.06 bits per heavy atom. The number of carbonyl (C=O) groups is 2. The van der Waals surface area contributed by atoms with Crippen molar-refractivity contribution in [1.82, 2.24) is 14.8 Å². The molecule has 5 rings (SSSR count). The summed E-state index contributed by atoms with van der Waals surface area (Å²) in [5, 5.41) is 8.56. The van der Waals surface area contributed by atoms with Gasteiger partial charge in [-0.3, -0.25) is 9.59 Å². The van der Waals surface area contributed by atoms with Crippen molar-refractivity contribution in [3.63, 3.8) is 0 Å². The van der Waals surface area contributed by atoms with E-state index in [2.05, 4.69) is 15.4 Å². The monoisotopic (exact) mass is 437 g/mol. The highest BCUT2D eigenvalue weighted by Crippen LogP contribution is 2.41. The molecule has 3 heterocycles. The van der Waals surface area contributed by atoms with Crippen molar-refractivity contribution in [1.29, 1.82) is 0 Å². The molecule has 9 heteroatoms. The van der Waals surface area contributed by atoms with Crippen molar-refractivity contribution in [3.05, 3.63) is 64.7 Å². The molecule has 1 saturated heterocycles. The minimum atomic E-state index is -0.283. The SMILES string of the molecule is COc1ccc([C@H]2C[C@@H](c3ccccc3Cl)n3nc(N4C(=O)CCC4=O)nc3N2)cc1. The number of amides is 2. The van der Waals surface area contributed by atoms with E-state index in [4.69, 9.17) is 16.3 Å². The summed E-state index contributed by atoms with van der Waals surface area (Å²) >= 11 is 6.52. The average Bonchev–Trinajstić information content (AvgIpc) is 3.35. The molecule has 2 amide bonds. The number of ether oxygens (including phenoxy) is 1. The lowest BCUT2D eigenvalue weighted by Crippen LogP contribution is -2.30. The summed E-state index contributed by atoms with van der Waals surface area (Å²) in [6, 6.07) is 15.1. The van der Waals surface area contributed by atoms with Gasteiger partial charge in [-0.25, -0.2) is 9.58 Å². The second-order valence-electron chi connectivity index (χ2n) is 7.55. The van der Waals surface area contributed by atoms with Crippen LogP contribution < -0.4 is 15.0 Å². The van der Waals surface area contributed by atoms with Crippen molar-refractivity contribution in [2.45, 2.75) is 31.3 Å². The second-order valence-corrected chi connectivity index (χ2v) is 7.95. The van der Waals surface area contributed by atoms with Crippen LogP contribution in [0, 0.1) is 0 Å². The molecule has 158 valence electrons. The fraction of sp³-hybridized carbons (Fsp3) is 0.273. The molecular formula is C22H20ClN5O3. The van der Waals surface area contributed by atoms with E-state index in [0.717, 1.165) is 21.8 Å². The van der Waals surface area contributed by atoms with Crippen LogP contribution in [0.5, 0.6) is 5.75 Å². The maximum atomic E-state index is 12.2. The van der Waals surface area contributed by atoms with Crippen LogP contribution in [0.3, 0.4) is 0 Å². The molecule has 2 atom stereocenters. The third-order valence-corrected chi connectivity index (χ3v) is 6.06. The Morgan fingerprint density at radius 2 is 1.77 bits per heavy atom. The van der Waals surface area contributed by atoms with E-state index in [-0.39, 0.29) is 42.7 Å². The van der Waals surface area contributed by atoms with E-state index in [0.29, 0.717) is 17.4 Å². The Morgan fingerprint density at radius 3 is 2.45 bits per heavy atom. The Hall–Kier alpha value is -3.39. The van der Waals surface area contributed by atoms with E-state index in [1.54, 1.807) is 11.8 Å². The molecular weight excluding hydrogens is 418 g/mol. The van der Waals surface area contributed by atoms with E-state index in [1.807, 2.05) is 48.5 Å².